The molecular weight excluding hydrogens is 384 g/mol. The Morgan fingerprint density at radius 3 is 2.53 bits per heavy atom. The fourth-order valence-corrected chi connectivity index (χ4v) is 3.34. The van der Waals surface area contributed by atoms with Crippen LogP contribution in [0.1, 0.15) is 12.8 Å². The van der Waals surface area contributed by atoms with Gasteiger partial charge in [-0.15, -0.1) is 0 Å². The van der Waals surface area contributed by atoms with Crippen molar-refractivity contribution in [2.75, 3.05) is 56.9 Å². The number of ether oxygens (including phenoxy) is 1. The van der Waals surface area contributed by atoms with Crippen LogP contribution in [0.25, 0.3) is 0 Å². The number of carbonyl (C=O) groups is 1. The molecule has 10 nitrogen and oxygen atoms in total. The minimum absolute atomic E-state index is 0.155. The summed E-state index contributed by atoms with van der Waals surface area (Å²) in [5.74, 6) is 8.01. The van der Waals surface area contributed by atoms with Crippen molar-refractivity contribution in [1.29, 1.82) is 0 Å². The van der Waals surface area contributed by atoms with Crippen LogP contribution in [0.4, 0.5) is 23.1 Å². The van der Waals surface area contributed by atoms with Crippen LogP contribution in [-0.4, -0.2) is 72.6 Å². The molecule has 10 heteroatoms. The van der Waals surface area contributed by atoms with Gasteiger partial charge in [0, 0.05) is 19.1 Å². The molecule has 162 valence electrons. The summed E-state index contributed by atoms with van der Waals surface area (Å²) in [6.45, 7) is 1.85. The standard InChI is InChI=1S/C20H30N8O2/c1-26(2)13-18(29)27-10-8-14(9-11-27)24-20-23-12-17(21)19(25-20)28(22)15-4-6-16(30-3)7-5-15/h4-7,12,14H,8-11,13,21-22H2,1-3H3,(H,23,24,25). The lowest BCUT2D eigenvalue weighted by Gasteiger charge is -2.33. The summed E-state index contributed by atoms with van der Waals surface area (Å²) >= 11 is 0. The molecule has 0 aliphatic carbocycles. The van der Waals surface area contributed by atoms with Crippen LogP contribution in [0.2, 0.25) is 0 Å². The Bertz CT molecular complexity index is 850. The fraction of sp³-hybridized carbons (Fsp3) is 0.450. The number of nitrogens with zero attached hydrogens (tertiary/aromatic N) is 5. The first-order chi connectivity index (χ1) is 14.4. The number of likely N-dealkylation sites (N-methyl/N-ethyl adjacent to an activating group) is 1. The average Bonchev–Trinajstić information content (AvgIpc) is 2.74. The van der Waals surface area contributed by atoms with Crippen molar-refractivity contribution in [2.24, 2.45) is 5.84 Å². The number of rotatable bonds is 7. The van der Waals surface area contributed by atoms with Gasteiger partial charge in [0.2, 0.25) is 11.9 Å². The number of nitrogens with two attached hydrogens (primary N) is 2. The van der Waals surface area contributed by atoms with E-state index in [-0.39, 0.29) is 11.9 Å². The highest BCUT2D eigenvalue weighted by Gasteiger charge is 2.24. The highest BCUT2D eigenvalue weighted by Crippen LogP contribution is 2.27. The van der Waals surface area contributed by atoms with Crippen molar-refractivity contribution in [3.05, 3.63) is 30.5 Å². The Hall–Kier alpha value is -3.11. The zero-order valence-corrected chi connectivity index (χ0v) is 17.7. The van der Waals surface area contributed by atoms with Crippen molar-refractivity contribution in [3.63, 3.8) is 0 Å². The summed E-state index contributed by atoms with van der Waals surface area (Å²) in [7, 11) is 5.40. The van der Waals surface area contributed by atoms with Crippen LogP contribution in [-0.2, 0) is 4.79 Å². The highest BCUT2D eigenvalue weighted by atomic mass is 16.5. The third-order valence-electron chi connectivity index (χ3n) is 5.01. The molecule has 0 spiro atoms. The van der Waals surface area contributed by atoms with E-state index in [2.05, 4.69) is 15.3 Å². The molecule has 1 saturated heterocycles. The number of piperidine rings is 1. The Labute approximate surface area is 176 Å². The Morgan fingerprint density at radius 2 is 1.93 bits per heavy atom. The lowest BCUT2D eigenvalue weighted by atomic mass is 10.1. The van der Waals surface area contributed by atoms with E-state index in [1.54, 1.807) is 13.3 Å². The maximum atomic E-state index is 12.2. The SMILES string of the molecule is COc1ccc(N(N)c2nc(NC3CCN(C(=O)CN(C)C)CC3)ncc2N)cc1. The molecule has 2 aromatic rings. The molecule has 0 unspecified atom stereocenters. The molecule has 0 saturated carbocycles. The topological polar surface area (TPSA) is 126 Å². The van der Waals surface area contributed by atoms with Crippen molar-refractivity contribution in [1.82, 2.24) is 19.8 Å². The number of nitrogen functional groups attached to an aromatic ring is 1. The third kappa shape index (κ3) is 5.28. The molecule has 0 bridgehead atoms. The number of carbonyl (C=O) groups excluding carboxylic acids is 1. The minimum Gasteiger partial charge on any atom is -0.497 e. The molecule has 1 aromatic heterocycles. The maximum absolute atomic E-state index is 12.2. The van der Waals surface area contributed by atoms with E-state index in [1.807, 2.05) is 48.2 Å². The zero-order valence-electron chi connectivity index (χ0n) is 17.7. The molecule has 1 aliphatic heterocycles. The molecule has 30 heavy (non-hydrogen) atoms. The molecule has 0 radical (unpaired) electrons. The Balaban J connectivity index is 1.63. The highest BCUT2D eigenvalue weighted by molar-refractivity contribution is 5.78. The normalized spacial score (nSPS) is 14.6. The van der Waals surface area contributed by atoms with Gasteiger partial charge in [-0.25, -0.2) is 10.8 Å². The number of anilines is 4. The molecule has 2 heterocycles. The number of hydrazine groups is 1. The number of amides is 1. The van der Waals surface area contributed by atoms with E-state index < -0.39 is 0 Å². The van der Waals surface area contributed by atoms with Gasteiger partial charge in [-0.05, 0) is 51.2 Å². The second-order valence-electron chi connectivity index (χ2n) is 7.58. The average molecular weight is 415 g/mol. The first-order valence-electron chi connectivity index (χ1n) is 9.88. The first kappa shape index (κ1) is 21.6. The smallest absolute Gasteiger partial charge is 0.236 e. The molecule has 1 fully saturated rings. The first-order valence-corrected chi connectivity index (χ1v) is 9.88. The van der Waals surface area contributed by atoms with Crippen molar-refractivity contribution >= 4 is 29.0 Å². The van der Waals surface area contributed by atoms with Crippen LogP contribution in [0.15, 0.2) is 30.5 Å². The van der Waals surface area contributed by atoms with Gasteiger partial charge in [0.15, 0.2) is 5.82 Å². The summed E-state index contributed by atoms with van der Waals surface area (Å²) in [6, 6.07) is 7.47. The number of hydrogen-bond donors (Lipinski definition) is 3. The summed E-state index contributed by atoms with van der Waals surface area (Å²) in [5.41, 5.74) is 7.16. The van der Waals surface area contributed by atoms with E-state index in [4.69, 9.17) is 16.3 Å². The maximum Gasteiger partial charge on any atom is 0.236 e. The number of hydrogen-bond acceptors (Lipinski definition) is 9. The Kier molecular flexibility index (Phi) is 6.91. The van der Waals surface area contributed by atoms with Crippen LogP contribution < -0.4 is 26.6 Å². The van der Waals surface area contributed by atoms with Crippen LogP contribution in [0, 0.1) is 0 Å². The van der Waals surface area contributed by atoms with E-state index in [1.165, 1.54) is 5.01 Å². The summed E-state index contributed by atoms with van der Waals surface area (Å²) in [4.78, 5) is 24.8. The van der Waals surface area contributed by atoms with Gasteiger partial charge >= 0.3 is 0 Å². The lowest BCUT2D eigenvalue weighted by molar-refractivity contribution is -0.132. The third-order valence-corrected chi connectivity index (χ3v) is 5.01. The van der Waals surface area contributed by atoms with Gasteiger partial charge in [0.05, 0.1) is 31.2 Å². The minimum atomic E-state index is 0.155. The Morgan fingerprint density at radius 1 is 1.27 bits per heavy atom. The number of nitrogens with one attached hydrogen (secondary N) is 1. The molecular formula is C20H30N8O2. The van der Waals surface area contributed by atoms with Gasteiger partial charge in [0.1, 0.15) is 5.75 Å². The van der Waals surface area contributed by atoms with E-state index in [0.717, 1.165) is 24.3 Å². The molecule has 5 N–H and O–H groups in total. The summed E-state index contributed by atoms with van der Waals surface area (Å²) in [6.07, 6.45) is 3.20. The number of benzene rings is 1. The fourth-order valence-electron chi connectivity index (χ4n) is 3.34. The second-order valence-corrected chi connectivity index (χ2v) is 7.58. The quantitative estimate of drug-likeness (QED) is 0.450. The summed E-state index contributed by atoms with van der Waals surface area (Å²) in [5, 5.41) is 4.77. The molecule has 1 amide bonds. The lowest BCUT2D eigenvalue weighted by Crippen LogP contribution is -2.45. The van der Waals surface area contributed by atoms with Gasteiger partial charge in [-0.1, -0.05) is 0 Å². The number of likely N-dealkylation sites (tertiary alicyclic amines) is 1. The molecule has 3 rings (SSSR count). The zero-order chi connectivity index (χ0) is 21.7. The van der Waals surface area contributed by atoms with Crippen LogP contribution in [0.5, 0.6) is 5.75 Å². The second kappa shape index (κ2) is 9.59. The number of methoxy groups -OCH3 is 1. The van der Waals surface area contributed by atoms with Crippen LogP contribution >= 0.6 is 0 Å². The van der Waals surface area contributed by atoms with Gasteiger partial charge in [-0.2, -0.15) is 4.98 Å². The van der Waals surface area contributed by atoms with Crippen molar-refractivity contribution < 1.29 is 9.53 Å². The monoisotopic (exact) mass is 414 g/mol. The summed E-state index contributed by atoms with van der Waals surface area (Å²) < 4.78 is 5.18. The van der Waals surface area contributed by atoms with E-state index in [9.17, 15) is 4.79 Å². The van der Waals surface area contributed by atoms with E-state index in [0.29, 0.717) is 37.1 Å². The van der Waals surface area contributed by atoms with E-state index >= 15 is 0 Å². The van der Waals surface area contributed by atoms with Crippen molar-refractivity contribution in [3.8, 4) is 5.75 Å². The predicted molar refractivity (Wildman–Crippen MR) is 118 cm³/mol. The van der Waals surface area contributed by atoms with Crippen molar-refractivity contribution in [2.45, 2.75) is 18.9 Å². The predicted octanol–water partition coefficient (Wildman–Crippen LogP) is 1.04. The largest absolute Gasteiger partial charge is 0.497 e. The van der Waals surface area contributed by atoms with Gasteiger partial charge in [0.25, 0.3) is 0 Å². The van der Waals surface area contributed by atoms with Gasteiger partial charge < -0.3 is 25.6 Å². The van der Waals surface area contributed by atoms with Crippen LogP contribution in [0.3, 0.4) is 0 Å². The molecule has 0 atom stereocenters. The number of aromatic nitrogens is 2. The van der Waals surface area contributed by atoms with Gasteiger partial charge in [-0.3, -0.25) is 9.80 Å². The molecule has 1 aromatic carbocycles. The molecule has 1 aliphatic rings.